The molecule has 2 rings (SSSR count). The zero-order chi connectivity index (χ0) is 13.8. The van der Waals surface area contributed by atoms with E-state index < -0.39 is 11.9 Å². The highest BCUT2D eigenvalue weighted by atomic mass is 16.5. The van der Waals surface area contributed by atoms with Crippen LogP contribution in [0.25, 0.3) is 0 Å². The van der Waals surface area contributed by atoms with Gasteiger partial charge in [0.1, 0.15) is 6.04 Å². The Morgan fingerprint density at radius 3 is 2.84 bits per heavy atom. The number of hydrogen-bond donors (Lipinski definition) is 4. The minimum atomic E-state index is -0.712. The summed E-state index contributed by atoms with van der Waals surface area (Å²) in [6.45, 7) is 1.27. The number of nitrogens with two attached hydrogens (primary N) is 1. The standard InChI is InChI=1S/C13H18N2O4/c14-13(18)12(15-7-9-2-1-5-19-9)8-3-4-10(16)11(17)6-8/h3-4,6,9,12,15-17H,1-2,5,7H2,(H2,14,18). The van der Waals surface area contributed by atoms with Crippen LogP contribution < -0.4 is 11.1 Å². The van der Waals surface area contributed by atoms with Crippen molar-refractivity contribution in [3.8, 4) is 11.5 Å². The van der Waals surface area contributed by atoms with Crippen LogP contribution in [-0.2, 0) is 9.53 Å². The van der Waals surface area contributed by atoms with Gasteiger partial charge in [0.15, 0.2) is 11.5 Å². The van der Waals surface area contributed by atoms with Gasteiger partial charge in [-0.3, -0.25) is 10.1 Å². The van der Waals surface area contributed by atoms with E-state index in [0.717, 1.165) is 19.4 Å². The molecule has 1 amide bonds. The Bertz CT molecular complexity index is 458. The van der Waals surface area contributed by atoms with Crippen LogP contribution in [0, 0.1) is 0 Å². The molecule has 1 fully saturated rings. The Morgan fingerprint density at radius 2 is 2.26 bits per heavy atom. The number of aromatic hydroxyl groups is 2. The second kappa shape index (κ2) is 5.90. The van der Waals surface area contributed by atoms with Gasteiger partial charge < -0.3 is 20.7 Å². The second-order valence-corrected chi connectivity index (χ2v) is 4.63. The summed E-state index contributed by atoms with van der Waals surface area (Å²) in [5.74, 6) is -1.04. The molecule has 0 radical (unpaired) electrons. The average molecular weight is 266 g/mol. The molecule has 6 heteroatoms. The van der Waals surface area contributed by atoms with Crippen molar-refractivity contribution in [2.24, 2.45) is 5.73 Å². The van der Waals surface area contributed by atoms with E-state index in [9.17, 15) is 15.0 Å². The molecule has 104 valence electrons. The van der Waals surface area contributed by atoms with E-state index >= 15 is 0 Å². The van der Waals surface area contributed by atoms with Crippen LogP contribution in [0.1, 0.15) is 24.4 Å². The number of rotatable bonds is 5. The largest absolute Gasteiger partial charge is 0.504 e. The number of ether oxygens (including phenoxy) is 1. The first kappa shape index (κ1) is 13.6. The summed E-state index contributed by atoms with van der Waals surface area (Å²) in [6, 6.07) is 3.49. The highest BCUT2D eigenvalue weighted by Gasteiger charge is 2.22. The maximum absolute atomic E-state index is 11.5. The molecule has 0 aromatic heterocycles. The highest BCUT2D eigenvalue weighted by molar-refractivity contribution is 5.81. The van der Waals surface area contributed by atoms with Gasteiger partial charge in [-0.1, -0.05) is 6.07 Å². The number of carbonyl (C=O) groups is 1. The van der Waals surface area contributed by atoms with Crippen LogP contribution in [0.3, 0.4) is 0 Å². The number of benzene rings is 1. The van der Waals surface area contributed by atoms with Crippen LogP contribution in [-0.4, -0.2) is 35.4 Å². The van der Waals surface area contributed by atoms with Gasteiger partial charge in [0.05, 0.1) is 6.10 Å². The first-order valence-corrected chi connectivity index (χ1v) is 6.24. The number of amides is 1. The SMILES string of the molecule is NC(=O)C(NCC1CCCO1)c1ccc(O)c(O)c1. The second-order valence-electron chi connectivity index (χ2n) is 4.63. The smallest absolute Gasteiger partial charge is 0.239 e. The molecule has 2 unspecified atom stereocenters. The Hall–Kier alpha value is -1.79. The van der Waals surface area contributed by atoms with Gasteiger partial charge in [0.25, 0.3) is 0 Å². The minimum absolute atomic E-state index is 0.0903. The van der Waals surface area contributed by atoms with E-state index in [2.05, 4.69) is 5.32 Å². The average Bonchev–Trinajstić information content (AvgIpc) is 2.86. The number of carbonyl (C=O) groups excluding carboxylic acids is 1. The lowest BCUT2D eigenvalue weighted by molar-refractivity contribution is -0.120. The molecule has 1 aromatic carbocycles. The summed E-state index contributed by atoms with van der Waals surface area (Å²) in [6.07, 6.45) is 2.07. The monoisotopic (exact) mass is 266 g/mol. The normalized spacial score (nSPS) is 20.3. The van der Waals surface area contributed by atoms with Crippen molar-refractivity contribution in [2.75, 3.05) is 13.2 Å². The zero-order valence-corrected chi connectivity index (χ0v) is 10.5. The lowest BCUT2D eigenvalue weighted by atomic mass is 10.1. The first-order chi connectivity index (χ1) is 9.08. The van der Waals surface area contributed by atoms with Gasteiger partial charge in [-0.05, 0) is 30.5 Å². The van der Waals surface area contributed by atoms with E-state index in [-0.39, 0.29) is 17.6 Å². The Balaban J connectivity index is 2.05. The summed E-state index contributed by atoms with van der Waals surface area (Å²) < 4.78 is 5.46. The van der Waals surface area contributed by atoms with Crippen molar-refractivity contribution in [1.82, 2.24) is 5.32 Å². The quantitative estimate of drug-likeness (QED) is 0.577. The van der Waals surface area contributed by atoms with Crippen LogP contribution >= 0.6 is 0 Å². The number of phenols is 2. The molecule has 1 aromatic rings. The molecule has 1 aliphatic rings. The van der Waals surface area contributed by atoms with Crippen LogP contribution in [0.2, 0.25) is 0 Å². The molecular weight excluding hydrogens is 248 g/mol. The lowest BCUT2D eigenvalue weighted by Gasteiger charge is -2.18. The van der Waals surface area contributed by atoms with E-state index in [1.807, 2.05) is 0 Å². The molecule has 5 N–H and O–H groups in total. The molecule has 0 spiro atoms. The van der Waals surface area contributed by atoms with Crippen molar-refractivity contribution < 1.29 is 19.7 Å². The van der Waals surface area contributed by atoms with Crippen molar-refractivity contribution in [1.29, 1.82) is 0 Å². The lowest BCUT2D eigenvalue weighted by Crippen LogP contribution is -2.37. The van der Waals surface area contributed by atoms with Crippen LogP contribution in [0.15, 0.2) is 18.2 Å². The van der Waals surface area contributed by atoms with Crippen molar-refractivity contribution in [3.05, 3.63) is 23.8 Å². The molecule has 0 bridgehead atoms. The van der Waals surface area contributed by atoms with Gasteiger partial charge in [0, 0.05) is 13.2 Å². The molecule has 1 saturated heterocycles. The summed E-state index contributed by atoms with van der Waals surface area (Å²) >= 11 is 0. The minimum Gasteiger partial charge on any atom is -0.504 e. The van der Waals surface area contributed by atoms with Crippen molar-refractivity contribution in [3.63, 3.8) is 0 Å². The topological polar surface area (TPSA) is 105 Å². The van der Waals surface area contributed by atoms with Crippen molar-refractivity contribution >= 4 is 5.91 Å². The Kier molecular flexibility index (Phi) is 4.24. The van der Waals surface area contributed by atoms with Crippen LogP contribution in [0.5, 0.6) is 11.5 Å². The van der Waals surface area contributed by atoms with Gasteiger partial charge in [-0.25, -0.2) is 0 Å². The fraction of sp³-hybridized carbons (Fsp3) is 0.462. The summed E-state index contributed by atoms with van der Waals surface area (Å²) in [4.78, 5) is 11.5. The fourth-order valence-corrected chi connectivity index (χ4v) is 2.16. The number of primary amides is 1. The Labute approximate surface area is 111 Å². The number of phenolic OH excluding ortho intramolecular Hbond substituents is 2. The molecular formula is C13H18N2O4. The molecule has 1 aliphatic heterocycles. The highest BCUT2D eigenvalue weighted by Crippen LogP contribution is 2.27. The van der Waals surface area contributed by atoms with E-state index in [0.29, 0.717) is 12.1 Å². The molecule has 0 saturated carbocycles. The van der Waals surface area contributed by atoms with Gasteiger partial charge in [-0.2, -0.15) is 0 Å². The van der Waals surface area contributed by atoms with Gasteiger partial charge in [0.2, 0.25) is 5.91 Å². The fourth-order valence-electron chi connectivity index (χ4n) is 2.16. The molecule has 0 aliphatic carbocycles. The maximum Gasteiger partial charge on any atom is 0.239 e. The summed E-state index contributed by atoms with van der Waals surface area (Å²) in [5.41, 5.74) is 5.87. The third-order valence-corrected chi connectivity index (χ3v) is 3.19. The van der Waals surface area contributed by atoms with Gasteiger partial charge in [-0.15, -0.1) is 0 Å². The molecule has 19 heavy (non-hydrogen) atoms. The van der Waals surface area contributed by atoms with E-state index in [1.54, 1.807) is 6.07 Å². The first-order valence-electron chi connectivity index (χ1n) is 6.24. The molecule has 1 heterocycles. The van der Waals surface area contributed by atoms with E-state index in [1.165, 1.54) is 12.1 Å². The Morgan fingerprint density at radius 1 is 1.47 bits per heavy atom. The van der Waals surface area contributed by atoms with E-state index in [4.69, 9.17) is 10.5 Å². The predicted octanol–water partition coefficient (Wildman–Crippen LogP) is 0.393. The maximum atomic E-state index is 11.5. The number of nitrogens with one attached hydrogen (secondary N) is 1. The third kappa shape index (κ3) is 3.36. The predicted molar refractivity (Wildman–Crippen MR) is 68.7 cm³/mol. The van der Waals surface area contributed by atoms with Crippen LogP contribution in [0.4, 0.5) is 0 Å². The number of hydrogen-bond acceptors (Lipinski definition) is 5. The van der Waals surface area contributed by atoms with Gasteiger partial charge >= 0.3 is 0 Å². The van der Waals surface area contributed by atoms with Crippen molar-refractivity contribution in [2.45, 2.75) is 25.0 Å². The molecule has 2 atom stereocenters. The summed E-state index contributed by atoms with van der Waals surface area (Å²) in [5, 5.41) is 21.7. The zero-order valence-electron chi connectivity index (χ0n) is 10.5. The molecule has 6 nitrogen and oxygen atoms in total. The third-order valence-electron chi connectivity index (χ3n) is 3.19. The summed E-state index contributed by atoms with van der Waals surface area (Å²) in [7, 11) is 0.